The first kappa shape index (κ1) is 27.5. The summed E-state index contributed by atoms with van der Waals surface area (Å²) < 4.78 is 87.4. The first-order valence-corrected chi connectivity index (χ1v) is 13.6. The lowest BCUT2D eigenvalue weighted by Crippen LogP contribution is -2.47. The Labute approximate surface area is 233 Å². The van der Waals surface area contributed by atoms with Crippen LogP contribution < -0.4 is 10.1 Å². The highest BCUT2D eigenvalue weighted by molar-refractivity contribution is 5.64. The van der Waals surface area contributed by atoms with E-state index in [1.165, 1.54) is 42.0 Å². The molecule has 0 amide bonds. The van der Waals surface area contributed by atoms with Crippen LogP contribution in [0.4, 0.5) is 32.0 Å². The van der Waals surface area contributed by atoms with E-state index in [0.717, 1.165) is 22.5 Å². The SMILES string of the molecule is C[C@]12Cc3cnn(-c4ccc(F)cc4)c3C=C1CCC1C2=CC[C@@H](C(F)(F)F)[C@@H]1CNc1ccc(OC(F)F)cc1. The number of ether oxygens (including phenoxy) is 1. The number of halogens is 6. The second-order valence-corrected chi connectivity index (χ2v) is 11.3. The fourth-order valence-electron chi connectivity index (χ4n) is 6.98. The molecule has 3 aromatic rings. The summed E-state index contributed by atoms with van der Waals surface area (Å²) in [6, 6.07) is 11.9. The standard InChI is InChI=1S/C31H29F6N3O/c1-30-15-18-16-39-40(22-7-3-20(32)4-8-22)28(18)14-19(30)2-11-24-25(27(31(35,36)37)13-12-26(24)30)17-38-21-5-9-23(10-6-21)41-29(33)34/h3-10,12,14,16,24-25,27,29,38H,2,11,13,15,17H2,1H3/t24?,25-,27-,30+/m1/s1. The minimum atomic E-state index is -4.35. The van der Waals surface area contributed by atoms with E-state index in [-0.39, 0.29) is 30.5 Å². The summed E-state index contributed by atoms with van der Waals surface area (Å²) in [5, 5.41) is 7.69. The van der Waals surface area contributed by atoms with Crippen molar-refractivity contribution in [2.24, 2.45) is 23.2 Å². The maximum atomic E-state index is 14.3. The zero-order chi connectivity index (χ0) is 28.9. The number of alkyl halides is 5. The van der Waals surface area contributed by atoms with Crippen LogP contribution >= 0.6 is 0 Å². The van der Waals surface area contributed by atoms with Gasteiger partial charge in [0, 0.05) is 17.6 Å². The Kier molecular flexibility index (Phi) is 6.90. The van der Waals surface area contributed by atoms with Crippen LogP contribution in [0.2, 0.25) is 0 Å². The van der Waals surface area contributed by atoms with Gasteiger partial charge in [-0.15, -0.1) is 0 Å². The molecule has 3 aliphatic rings. The number of anilines is 1. The van der Waals surface area contributed by atoms with E-state index >= 15 is 0 Å². The Bertz CT molecular complexity index is 1470. The van der Waals surface area contributed by atoms with Crippen LogP contribution in [-0.4, -0.2) is 29.1 Å². The molecule has 41 heavy (non-hydrogen) atoms. The van der Waals surface area contributed by atoms with Crippen molar-refractivity contribution in [3.63, 3.8) is 0 Å². The van der Waals surface area contributed by atoms with Crippen molar-refractivity contribution in [3.8, 4) is 11.4 Å². The molecule has 6 rings (SSSR count). The van der Waals surface area contributed by atoms with E-state index in [4.69, 9.17) is 0 Å². The lowest BCUT2D eigenvalue weighted by molar-refractivity contribution is -0.193. The number of aromatic nitrogens is 2. The summed E-state index contributed by atoms with van der Waals surface area (Å²) in [6.45, 7) is -0.729. The number of hydrogen-bond donors (Lipinski definition) is 1. The Hall–Kier alpha value is -3.69. The second-order valence-electron chi connectivity index (χ2n) is 11.3. The van der Waals surface area contributed by atoms with Gasteiger partial charge in [-0.25, -0.2) is 9.07 Å². The van der Waals surface area contributed by atoms with Crippen molar-refractivity contribution >= 4 is 11.8 Å². The Morgan fingerprint density at radius 1 is 1.10 bits per heavy atom. The van der Waals surface area contributed by atoms with Crippen molar-refractivity contribution in [2.75, 3.05) is 11.9 Å². The fraction of sp³-hybridized carbons (Fsp3) is 0.387. The Morgan fingerprint density at radius 2 is 1.83 bits per heavy atom. The highest BCUT2D eigenvalue weighted by Crippen LogP contribution is 2.58. The lowest BCUT2D eigenvalue weighted by atomic mass is 9.54. The highest BCUT2D eigenvalue weighted by atomic mass is 19.4. The molecule has 4 atom stereocenters. The van der Waals surface area contributed by atoms with E-state index in [1.807, 2.05) is 6.08 Å². The van der Waals surface area contributed by atoms with Gasteiger partial charge < -0.3 is 10.1 Å². The van der Waals surface area contributed by atoms with Gasteiger partial charge in [0.1, 0.15) is 11.6 Å². The Balaban J connectivity index is 1.27. The normalized spacial score (nSPS) is 25.5. The van der Waals surface area contributed by atoms with E-state index < -0.39 is 30.0 Å². The molecule has 3 aliphatic carbocycles. The smallest absolute Gasteiger partial charge is 0.392 e. The molecule has 1 fully saturated rings. The minimum Gasteiger partial charge on any atom is -0.435 e. The van der Waals surface area contributed by atoms with E-state index in [1.54, 1.807) is 23.0 Å². The molecule has 1 unspecified atom stereocenters. The number of fused-ring (bicyclic) bond motifs is 4. The molecule has 1 N–H and O–H groups in total. The van der Waals surface area contributed by atoms with Crippen molar-refractivity contribution in [2.45, 2.75) is 45.4 Å². The summed E-state index contributed by atoms with van der Waals surface area (Å²) in [7, 11) is 0. The number of benzene rings is 2. The van der Waals surface area contributed by atoms with Crippen LogP contribution in [0.25, 0.3) is 11.8 Å². The van der Waals surface area contributed by atoms with E-state index in [2.05, 4.69) is 28.2 Å². The summed E-state index contributed by atoms with van der Waals surface area (Å²) in [5.74, 6) is -2.78. The third kappa shape index (κ3) is 5.13. The first-order chi connectivity index (χ1) is 19.5. The van der Waals surface area contributed by atoms with Gasteiger partial charge in [0.25, 0.3) is 0 Å². The van der Waals surface area contributed by atoms with Gasteiger partial charge in [-0.1, -0.05) is 24.1 Å². The van der Waals surface area contributed by atoms with Gasteiger partial charge in [-0.05, 0) is 97.7 Å². The molecule has 4 nitrogen and oxygen atoms in total. The van der Waals surface area contributed by atoms with Crippen LogP contribution in [0.3, 0.4) is 0 Å². The topological polar surface area (TPSA) is 39.1 Å². The van der Waals surface area contributed by atoms with Gasteiger partial charge in [-0.2, -0.15) is 27.1 Å². The predicted octanol–water partition coefficient (Wildman–Crippen LogP) is 8.21. The van der Waals surface area contributed by atoms with Gasteiger partial charge >= 0.3 is 12.8 Å². The molecule has 0 radical (unpaired) electrons. The zero-order valence-corrected chi connectivity index (χ0v) is 22.3. The minimum absolute atomic E-state index is 0.0134. The van der Waals surface area contributed by atoms with Gasteiger partial charge in [0.2, 0.25) is 0 Å². The maximum Gasteiger partial charge on any atom is 0.392 e. The average Bonchev–Trinajstić information content (AvgIpc) is 3.32. The van der Waals surface area contributed by atoms with E-state index in [9.17, 15) is 26.3 Å². The molecule has 216 valence electrons. The summed E-state index contributed by atoms with van der Waals surface area (Å²) >= 11 is 0. The third-order valence-corrected chi connectivity index (χ3v) is 8.95. The maximum absolute atomic E-state index is 14.3. The third-order valence-electron chi connectivity index (χ3n) is 8.95. The van der Waals surface area contributed by atoms with Crippen molar-refractivity contribution < 1.29 is 31.1 Å². The molecule has 10 heteroatoms. The molecule has 2 aromatic carbocycles. The van der Waals surface area contributed by atoms with Crippen LogP contribution in [0.1, 0.15) is 37.4 Å². The molecular weight excluding hydrogens is 544 g/mol. The van der Waals surface area contributed by atoms with Gasteiger partial charge in [-0.3, -0.25) is 0 Å². The number of nitrogens with one attached hydrogen (secondary N) is 1. The van der Waals surface area contributed by atoms with Crippen LogP contribution in [0.5, 0.6) is 5.75 Å². The molecular formula is C31H29F6N3O. The van der Waals surface area contributed by atoms with Gasteiger partial charge in [0.15, 0.2) is 0 Å². The van der Waals surface area contributed by atoms with E-state index in [0.29, 0.717) is 24.9 Å². The Morgan fingerprint density at radius 3 is 2.51 bits per heavy atom. The predicted molar refractivity (Wildman–Crippen MR) is 143 cm³/mol. The largest absolute Gasteiger partial charge is 0.435 e. The fourth-order valence-corrected chi connectivity index (χ4v) is 6.98. The number of hydrogen-bond acceptors (Lipinski definition) is 3. The molecule has 1 saturated carbocycles. The van der Waals surface area contributed by atoms with Crippen molar-refractivity contribution in [3.05, 3.63) is 89.0 Å². The highest BCUT2D eigenvalue weighted by Gasteiger charge is 2.54. The number of nitrogens with zero attached hydrogens (tertiary/aromatic N) is 2. The molecule has 1 heterocycles. The van der Waals surface area contributed by atoms with Crippen LogP contribution in [0.15, 0.2) is 72.0 Å². The quantitative estimate of drug-likeness (QED) is 0.239. The van der Waals surface area contributed by atoms with Crippen LogP contribution in [-0.2, 0) is 6.42 Å². The second kappa shape index (κ2) is 10.3. The summed E-state index contributed by atoms with van der Waals surface area (Å²) in [5.41, 5.74) is 5.00. The number of allylic oxidation sites excluding steroid dienone is 3. The van der Waals surface area contributed by atoms with Crippen LogP contribution in [0, 0.1) is 29.0 Å². The molecule has 1 aromatic heterocycles. The van der Waals surface area contributed by atoms with Crippen molar-refractivity contribution in [1.82, 2.24) is 9.78 Å². The molecule has 0 spiro atoms. The summed E-state index contributed by atoms with van der Waals surface area (Å²) in [4.78, 5) is 0. The number of rotatable bonds is 6. The van der Waals surface area contributed by atoms with Crippen molar-refractivity contribution in [1.29, 1.82) is 0 Å². The average molecular weight is 574 g/mol. The monoisotopic (exact) mass is 573 g/mol. The summed E-state index contributed by atoms with van der Waals surface area (Å²) in [6.07, 6.45) is 3.16. The molecule has 0 saturated heterocycles. The lowest BCUT2D eigenvalue weighted by Gasteiger charge is -2.51. The molecule has 0 bridgehead atoms. The zero-order valence-electron chi connectivity index (χ0n) is 22.3. The van der Waals surface area contributed by atoms with Gasteiger partial charge in [0.05, 0.1) is 23.5 Å². The molecule has 0 aliphatic heterocycles. The first-order valence-electron chi connectivity index (χ1n) is 13.6.